The minimum atomic E-state index is 0.586. The van der Waals surface area contributed by atoms with Crippen LogP contribution in [0.15, 0.2) is 11.6 Å². The largest absolute Gasteiger partial charge is 0.0845 e. The maximum Gasteiger partial charge on any atom is -0.00595 e. The highest BCUT2D eigenvalue weighted by Gasteiger charge is 2.55. The number of rotatable bonds is 6. The molecule has 0 saturated heterocycles. The monoisotopic (exact) mass is 412 g/mol. The van der Waals surface area contributed by atoms with Crippen molar-refractivity contribution in [2.75, 3.05) is 0 Å². The van der Waals surface area contributed by atoms with E-state index in [1.807, 2.05) is 5.57 Å². The Morgan fingerprint density at radius 2 is 1.83 bits per heavy atom. The highest BCUT2D eigenvalue weighted by atomic mass is 14.6. The van der Waals surface area contributed by atoms with Crippen molar-refractivity contribution in [2.24, 2.45) is 52.3 Å². The molecule has 0 amide bonds. The van der Waals surface area contributed by atoms with Crippen LogP contribution in [0.1, 0.15) is 125 Å². The molecule has 0 bridgehead atoms. The number of allylic oxidation sites excluding steroid dienone is 2. The molecule has 172 valence electrons. The normalized spacial score (nSPS) is 44.6. The Hall–Kier alpha value is -0.260. The van der Waals surface area contributed by atoms with E-state index in [2.05, 4.69) is 47.6 Å². The van der Waals surface area contributed by atoms with Gasteiger partial charge in [0.2, 0.25) is 0 Å². The average Bonchev–Trinajstić information content (AvgIpc) is 2.94. The van der Waals surface area contributed by atoms with Gasteiger partial charge in [0.15, 0.2) is 0 Å². The third-order valence-corrected chi connectivity index (χ3v) is 11.2. The summed E-state index contributed by atoms with van der Waals surface area (Å²) in [7, 11) is 0. The Morgan fingerprint density at radius 3 is 2.57 bits per heavy atom. The van der Waals surface area contributed by atoms with Gasteiger partial charge in [-0.1, -0.05) is 72.5 Å². The van der Waals surface area contributed by atoms with Crippen molar-refractivity contribution in [3.63, 3.8) is 0 Å². The van der Waals surface area contributed by atoms with Crippen molar-refractivity contribution in [2.45, 2.75) is 125 Å². The lowest BCUT2D eigenvalue weighted by atomic mass is 9.52. The van der Waals surface area contributed by atoms with Gasteiger partial charge in [-0.3, -0.25) is 0 Å². The second-order valence-electron chi connectivity index (χ2n) is 13.2. The van der Waals surface area contributed by atoms with E-state index in [1.54, 1.807) is 6.42 Å². The Kier molecular flexibility index (Phi) is 6.83. The fourth-order valence-electron chi connectivity index (χ4n) is 9.34. The molecule has 4 unspecified atom stereocenters. The summed E-state index contributed by atoms with van der Waals surface area (Å²) in [5.41, 5.74) is 3.12. The lowest BCUT2D eigenvalue weighted by molar-refractivity contribution is 0.0633. The van der Waals surface area contributed by atoms with E-state index in [0.29, 0.717) is 10.8 Å². The summed E-state index contributed by atoms with van der Waals surface area (Å²) in [5, 5.41) is 0. The molecule has 0 aromatic carbocycles. The maximum absolute atomic E-state index is 2.77. The molecule has 3 saturated carbocycles. The van der Waals surface area contributed by atoms with Gasteiger partial charge in [-0.25, -0.2) is 0 Å². The van der Waals surface area contributed by atoms with Crippen LogP contribution in [-0.4, -0.2) is 0 Å². The molecule has 8 atom stereocenters. The fraction of sp³-hybridized carbons (Fsp3) is 0.933. The van der Waals surface area contributed by atoms with Crippen LogP contribution in [0, 0.1) is 52.3 Å². The summed E-state index contributed by atoms with van der Waals surface area (Å²) in [6.45, 7) is 15.2. The summed E-state index contributed by atoms with van der Waals surface area (Å²) in [6, 6.07) is 0. The third kappa shape index (κ3) is 3.96. The van der Waals surface area contributed by atoms with Crippen LogP contribution in [0.25, 0.3) is 0 Å². The first-order valence-electron chi connectivity index (χ1n) is 14.0. The van der Waals surface area contributed by atoms with Crippen LogP contribution in [0.4, 0.5) is 0 Å². The van der Waals surface area contributed by atoms with E-state index >= 15 is 0 Å². The molecule has 0 nitrogen and oxygen atoms in total. The lowest BCUT2D eigenvalue weighted by Crippen LogP contribution is -2.42. The van der Waals surface area contributed by atoms with Gasteiger partial charge in [0, 0.05) is 0 Å². The SMILES string of the molecule is CC[C@]12CC[C@H](C)CC1=CCC1CC3CC[C@H](C(C)CCCC(C)C)[C@@]3(C)CCC12. The van der Waals surface area contributed by atoms with E-state index < -0.39 is 0 Å². The van der Waals surface area contributed by atoms with Crippen LogP contribution >= 0.6 is 0 Å². The standard InChI is InChI=1S/C30H52/c1-7-30-18-15-22(4)19-26(30)12-11-24-20-25-13-14-27(23(5)10-8-9-21(2)3)29(25,6)17-16-28(24)30/h12,21-25,27-28H,7-11,13-20H2,1-6H3/t22-,23?,24?,25?,27+,28?,29-,30-/m0/s1. The predicted molar refractivity (Wildman–Crippen MR) is 131 cm³/mol. The van der Waals surface area contributed by atoms with Gasteiger partial charge in [-0.15, -0.1) is 0 Å². The molecule has 4 aliphatic rings. The topological polar surface area (TPSA) is 0 Å². The van der Waals surface area contributed by atoms with Gasteiger partial charge in [-0.2, -0.15) is 0 Å². The second kappa shape index (κ2) is 8.94. The molecule has 3 fully saturated rings. The van der Waals surface area contributed by atoms with E-state index in [1.165, 1.54) is 77.0 Å². The smallest absolute Gasteiger partial charge is 0.00595 e. The van der Waals surface area contributed by atoms with Gasteiger partial charge in [-0.05, 0) is 116 Å². The van der Waals surface area contributed by atoms with Crippen LogP contribution in [0.3, 0.4) is 0 Å². The van der Waals surface area contributed by atoms with Gasteiger partial charge < -0.3 is 0 Å². The quantitative estimate of drug-likeness (QED) is 0.381. The summed E-state index contributed by atoms with van der Waals surface area (Å²) in [5.74, 6) is 6.71. The molecule has 4 aliphatic carbocycles. The minimum Gasteiger partial charge on any atom is -0.0845 e. The number of hydrogen-bond donors (Lipinski definition) is 0. The molecule has 0 heteroatoms. The highest BCUT2D eigenvalue weighted by molar-refractivity contribution is 5.24. The highest BCUT2D eigenvalue weighted by Crippen LogP contribution is 2.65. The van der Waals surface area contributed by atoms with Gasteiger partial charge in [0.1, 0.15) is 0 Å². The van der Waals surface area contributed by atoms with Crippen LogP contribution in [0.5, 0.6) is 0 Å². The molecule has 0 aliphatic heterocycles. The maximum atomic E-state index is 2.77. The average molecular weight is 413 g/mol. The molecule has 0 aromatic heterocycles. The molecule has 0 aromatic rings. The molecular weight excluding hydrogens is 360 g/mol. The van der Waals surface area contributed by atoms with Crippen LogP contribution < -0.4 is 0 Å². The first kappa shape index (κ1) is 22.9. The zero-order valence-corrected chi connectivity index (χ0v) is 21.3. The van der Waals surface area contributed by atoms with Crippen molar-refractivity contribution < 1.29 is 0 Å². The van der Waals surface area contributed by atoms with Gasteiger partial charge in [0.05, 0.1) is 0 Å². The zero-order valence-electron chi connectivity index (χ0n) is 21.3. The Balaban J connectivity index is 1.50. The summed E-state index contributed by atoms with van der Waals surface area (Å²) in [4.78, 5) is 0. The van der Waals surface area contributed by atoms with Crippen molar-refractivity contribution >= 4 is 0 Å². The van der Waals surface area contributed by atoms with E-state index in [-0.39, 0.29) is 0 Å². The molecule has 0 N–H and O–H groups in total. The lowest BCUT2D eigenvalue weighted by Gasteiger charge is -2.52. The zero-order chi connectivity index (χ0) is 21.5. The fourth-order valence-corrected chi connectivity index (χ4v) is 9.34. The first-order valence-corrected chi connectivity index (χ1v) is 14.0. The number of hydrogen-bond acceptors (Lipinski definition) is 0. The summed E-state index contributed by atoms with van der Waals surface area (Å²) in [6.07, 6.45) is 22.0. The molecule has 4 rings (SSSR count). The second-order valence-corrected chi connectivity index (χ2v) is 13.2. The molecule has 0 heterocycles. The Bertz CT molecular complexity index is 614. The summed E-state index contributed by atoms with van der Waals surface area (Å²) < 4.78 is 0. The van der Waals surface area contributed by atoms with E-state index in [0.717, 1.165) is 41.4 Å². The van der Waals surface area contributed by atoms with Crippen molar-refractivity contribution in [1.29, 1.82) is 0 Å². The Labute approximate surface area is 189 Å². The van der Waals surface area contributed by atoms with Crippen LogP contribution in [-0.2, 0) is 0 Å². The van der Waals surface area contributed by atoms with Crippen molar-refractivity contribution in [1.82, 2.24) is 0 Å². The first-order chi connectivity index (χ1) is 14.3. The molecule has 0 spiro atoms. The van der Waals surface area contributed by atoms with Crippen LogP contribution in [0.2, 0.25) is 0 Å². The third-order valence-electron chi connectivity index (χ3n) is 11.2. The molecule has 0 radical (unpaired) electrons. The summed E-state index contributed by atoms with van der Waals surface area (Å²) >= 11 is 0. The minimum absolute atomic E-state index is 0.586. The molecular formula is C30H52. The van der Waals surface area contributed by atoms with E-state index in [9.17, 15) is 0 Å². The van der Waals surface area contributed by atoms with Crippen molar-refractivity contribution in [3.8, 4) is 0 Å². The van der Waals surface area contributed by atoms with Gasteiger partial charge >= 0.3 is 0 Å². The van der Waals surface area contributed by atoms with Crippen molar-refractivity contribution in [3.05, 3.63) is 11.6 Å². The Morgan fingerprint density at radius 1 is 1.03 bits per heavy atom. The predicted octanol–water partition coefficient (Wildman–Crippen LogP) is 9.44. The molecule has 30 heavy (non-hydrogen) atoms. The number of fused-ring (bicyclic) bond motifs is 4. The van der Waals surface area contributed by atoms with E-state index in [4.69, 9.17) is 0 Å². The van der Waals surface area contributed by atoms with Gasteiger partial charge in [0.25, 0.3) is 0 Å².